The van der Waals surface area contributed by atoms with E-state index in [0.29, 0.717) is 6.54 Å². The van der Waals surface area contributed by atoms with Gasteiger partial charge in [0, 0.05) is 41.8 Å². The summed E-state index contributed by atoms with van der Waals surface area (Å²) in [6, 6.07) is 6.62. The molecule has 0 spiro atoms. The largest absolute Gasteiger partial charge is 0.478 e. The van der Waals surface area contributed by atoms with Gasteiger partial charge in [0.25, 0.3) is 0 Å². The van der Waals surface area contributed by atoms with Crippen LogP contribution in [0.3, 0.4) is 0 Å². The van der Waals surface area contributed by atoms with Crippen LogP contribution in [0.15, 0.2) is 30.4 Å². The molecule has 1 unspecified atom stereocenters. The van der Waals surface area contributed by atoms with Crippen LogP contribution in [0.1, 0.15) is 35.7 Å². The number of carbonyl (C=O) groups is 2. The van der Waals surface area contributed by atoms with Crippen molar-refractivity contribution >= 4 is 22.8 Å². The van der Waals surface area contributed by atoms with Crippen LogP contribution in [0.2, 0.25) is 0 Å². The third-order valence-corrected chi connectivity index (χ3v) is 5.18. The fraction of sp³-hybridized carbons (Fsp3) is 0.368. The van der Waals surface area contributed by atoms with E-state index in [-0.39, 0.29) is 11.9 Å². The van der Waals surface area contributed by atoms with Gasteiger partial charge >= 0.3 is 5.97 Å². The third kappa shape index (κ3) is 2.23. The number of rotatable bonds is 2. The summed E-state index contributed by atoms with van der Waals surface area (Å²) in [6.07, 6.45) is 5.15. The van der Waals surface area contributed by atoms with Crippen molar-refractivity contribution in [3.63, 3.8) is 0 Å². The van der Waals surface area contributed by atoms with Crippen molar-refractivity contribution in [2.75, 3.05) is 6.54 Å². The van der Waals surface area contributed by atoms with Crippen molar-refractivity contribution < 1.29 is 14.7 Å². The summed E-state index contributed by atoms with van der Waals surface area (Å²) in [6.45, 7) is 3.49. The SMILES string of the molecule is Cc1ccc2c(c1)c1c3n2CCN(C(=O)/C=C/C(=O)O)C3CCC1. The molecule has 4 rings (SSSR count). The van der Waals surface area contributed by atoms with Crippen molar-refractivity contribution in [3.05, 3.63) is 47.2 Å². The van der Waals surface area contributed by atoms with Gasteiger partial charge in [-0.3, -0.25) is 4.79 Å². The Bertz CT molecular complexity index is 878. The second-order valence-electron chi connectivity index (χ2n) is 6.65. The van der Waals surface area contributed by atoms with Gasteiger partial charge in [-0.15, -0.1) is 0 Å². The molecule has 1 N–H and O–H groups in total. The number of fused-ring (bicyclic) bond motifs is 3. The predicted octanol–water partition coefficient (Wildman–Crippen LogP) is 2.81. The third-order valence-electron chi connectivity index (χ3n) is 5.18. The topological polar surface area (TPSA) is 62.5 Å². The fourth-order valence-corrected chi connectivity index (χ4v) is 4.22. The van der Waals surface area contributed by atoms with E-state index >= 15 is 0 Å². The number of carboxylic acids is 1. The molecule has 0 saturated carbocycles. The monoisotopic (exact) mass is 324 g/mol. The summed E-state index contributed by atoms with van der Waals surface area (Å²) in [4.78, 5) is 25.0. The second-order valence-corrected chi connectivity index (χ2v) is 6.65. The number of aromatic nitrogens is 1. The molecule has 0 fully saturated rings. The Kier molecular flexibility index (Phi) is 3.44. The maximum absolute atomic E-state index is 12.5. The van der Waals surface area contributed by atoms with Crippen LogP contribution in [-0.2, 0) is 22.6 Å². The number of nitrogens with zero attached hydrogens (tertiary/aromatic N) is 2. The average Bonchev–Trinajstić information content (AvgIpc) is 2.88. The van der Waals surface area contributed by atoms with Crippen LogP contribution < -0.4 is 0 Å². The van der Waals surface area contributed by atoms with Crippen LogP contribution in [0.25, 0.3) is 10.9 Å². The molecule has 0 bridgehead atoms. The van der Waals surface area contributed by atoms with Gasteiger partial charge in [-0.2, -0.15) is 0 Å². The Balaban J connectivity index is 1.80. The number of aliphatic carboxylic acids is 1. The molecule has 1 atom stereocenters. The minimum atomic E-state index is -1.09. The molecule has 2 aliphatic rings. The first-order valence-electron chi connectivity index (χ1n) is 8.39. The smallest absolute Gasteiger partial charge is 0.328 e. The lowest BCUT2D eigenvalue weighted by molar-refractivity contribution is -0.133. The van der Waals surface area contributed by atoms with Crippen molar-refractivity contribution in [3.8, 4) is 0 Å². The number of hydrogen-bond acceptors (Lipinski definition) is 2. The highest BCUT2D eigenvalue weighted by Gasteiger charge is 2.36. The molecule has 0 radical (unpaired) electrons. The lowest BCUT2D eigenvalue weighted by Crippen LogP contribution is -2.42. The van der Waals surface area contributed by atoms with E-state index < -0.39 is 5.97 Å². The molecule has 1 aromatic carbocycles. The Morgan fingerprint density at radius 3 is 2.88 bits per heavy atom. The summed E-state index contributed by atoms with van der Waals surface area (Å²) in [5, 5.41) is 10.1. The Morgan fingerprint density at radius 1 is 1.25 bits per heavy atom. The lowest BCUT2D eigenvalue weighted by atomic mass is 9.89. The normalized spacial score (nSPS) is 19.7. The van der Waals surface area contributed by atoms with Crippen LogP contribution in [0, 0.1) is 6.92 Å². The van der Waals surface area contributed by atoms with Gasteiger partial charge in [0.1, 0.15) is 0 Å². The predicted molar refractivity (Wildman–Crippen MR) is 90.8 cm³/mol. The first kappa shape index (κ1) is 15.0. The summed E-state index contributed by atoms with van der Waals surface area (Å²) in [7, 11) is 0. The van der Waals surface area contributed by atoms with Gasteiger partial charge in [-0.05, 0) is 43.9 Å². The molecule has 0 saturated heterocycles. The van der Waals surface area contributed by atoms with E-state index in [9.17, 15) is 9.59 Å². The summed E-state index contributed by atoms with van der Waals surface area (Å²) in [5.74, 6) is -1.29. The molecule has 1 aromatic heterocycles. The number of hydrogen-bond donors (Lipinski definition) is 1. The quantitative estimate of drug-likeness (QED) is 0.864. The van der Waals surface area contributed by atoms with Gasteiger partial charge in [-0.1, -0.05) is 11.6 Å². The zero-order chi connectivity index (χ0) is 16.8. The van der Waals surface area contributed by atoms with Gasteiger partial charge in [0.05, 0.1) is 6.04 Å². The molecule has 2 aromatic rings. The molecule has 5 nitrogen and oxygen atoms in total. The van der Waals surface area contributed by atoms with E-state index in [4.69, 9.17) is 5.11 Å². The molecule has 2 heterocycles. The molecular formula is C19H20N2O3. The minimum Gasteiger partial charge on any atom is -0.478 e. The van der Waals surface area contributed by atoms with Crippen LogP contribution in [-0.4, -0.2) is 33.0 Å². The molecular weight excluding hydrogens is 304 g/mol. The van der Waals surface area contributed by atoms with Gasteiger partial charge < -0.3 is 14.6 Å². The highest BCUT2D eigenvalue weighted by molar-refractivity contribution is 5.94. The summed E-state index contributed by atoms with van der Waals surface area (Å²) < 4.78 is 2.36. The molecule has 24 heavy (non-hydrogen) atoms. The number of amides is 1. The second kappa shape index (κ2) is 5.51. The standard InChI is InChI=1S/C19H20N2O3/c1-12-5-6-15-14(11-12)13-3-2-4-16-19(13)21(15)10-9-20(16)17(22)7-8-18(23)24/h5-8,11,16H,2-4,9-10H2,1H3,(H,23,24)/b8-7+. The molecule has 1 aliphatic carbocycles. The average molecular weight is 324 g/mol. The number of benzene rings is 1. The Labute approximate surface area is 140 Å². The minimum absolute atomic E-state index is 0.0566. The van der Waals surface area contributed by atoms with E-state index in [1.54, 1.807) is 0 Å². The Hall–Kier alpha value is -2.56. The lowest BCUT2D eigenvalue weighted by Gasteiger charge is -2.39. The zero-order valence-corrected chi connectivity index (χ0v) is 13.7. The van der Waals surface area contributed by atoms with Crippen LogP contribution >= 0.6 is 0 Å². The zero-order valence-electron chi connectivity index (χ0n) is 13.7. The molecule has 5 heteroatoms. The van der Waals surface area contributed by atoms with Gasteiger partial charge in [-0.25, -0.2) is 4.79 Å². The summed E-state index contributed by atoms with van der Waals surface area (Å²) in [5.41, 5.74) is 5.13. The van der Waals surface area contributed by atoms with Crippen LogP contribution in [0.5, 0.6) is 0 Å². The number of aryl methyl sites for hydroxylation is 2. The maximum atomic E-state index is 12.5. The Morgan fingerprint density at radius 2 is 2.08 bits per heavy atom. The maximum Gasteiger partial charge on any atom is 0.328 e. The molecule has 1 aliphatic heterocycles. The van der Waals surface area contributed by atoms with E-state index in [2.05, 4.69) is 29.7 Å². The first-order valence-corrected chi connectivity index (χ1v) is 8.39. The molecule has 1 amide bonds. The van der Waals surface area contributed by atoms with Gasteiger partial charge in [0.15, 0.2) is 0 Å². The van der Waals surface area contributed by atoms with Gasteiger partial charge in [0.2, 0.25) is 5.91 Å². The fourth-order valence-electron chi connectivity index (χ4n) is 4.22. The van der Waals surface area contributed by atoms with Crippen molar-refractivity contribution in [1.82, 2.24) is 9.47 Å². The molecule has 124 valence electrons. The highest BCUT2D eigenvalue weighted by atomic mass is 16.4. The van der Waals surface area contributed by atoms with Crippen molar-refractivity contribution in [1.29, 1.82) is 0 Å². The van der Waals surface area contributed by atoms with E-state index in [0.717, 1.165) is 31.9 Å². The number of carboxylic acid groups (broad SMARTS) is 1. The first-order chi connectivity index (χ1) is 11.6. The van der Waals surface area contributed by atoms with Crippen LogP contribution in [0.4, 0.5) is 0 Å². The van der Waals surface area contributed by atoms with Crippen molar-refractivity contribution in [2.45, 2.75) is 38.8 Å². The summed E-state index contributed by atoms with van der Waals surface area (Å²) >= 11 is 0. The van der Waals surface area contributed by atoms with E-state index in [1.807, 2.05) is 4.90 Å². The van der Waals surface area contributed by atoms with E-state index in [1.165, 1.54) is 33.8 Å². The number of carbonyl (C=O) groups excluding carboxylic acids is 1. The van der Waals surface area contributed by atoms with Crippen molar-refractivity contribution in [2.24, 2.45) is 0 Å². The highest BCUT2D eigenvalue weighted by Crippen LogP contribution is 2.42.